The van der Waals surface area contributed by atoms with Gasteiger partial charge in [-0.1, -0.05) is 45.4 Å². The maximum atomic E-state index is 10.4. The van der Waals surface area contributed by atoms with E-state index in [-0.39, 0.29) is 6.61 Å². The highest BCUT2D eigenvalue weighted by atomic mass is 16.6. The molecule has 0 aliphatic rings. The Morgan fingerprint density at radius 1 is 0.933 bits per heavy atom. The number of phenolic OH excluding ortho intramolecular Hbond substituents is 1. The number of nitro benzene ring substituents is 3. The van der Waals surface area contributed by atoms with Gasteiger partial charge >= 0.3 is 11.4 Å². The fourth-order valence-electron chi connectivity index (χ4n) is 2.62. The third-order valence-electron chi connectivity index (χ3n) is 4.25. The highest BCUT2D eigenvalue weighted by molar-refractivity contribution is 5.64. The Morgan fingerprint density at radius 2 is 1.43 bits per heavy atom. The Bertz CT molecular complexity index is 664. The molecule has 3 N–H and O–H groups in total. The van der Waals surface area contributed by atoms with Crippen LogP contribution < -0.4 is 5.32 Å². The van der Waals surface area contributed by atoms with Crippen molar-refractivity contribution in [2.75, 3.05) is 13.2 Å². The molecule has 30 heavy (non-hydrogen) atoms. The Hall–Kier alpha value is -2.86. The van der Waals surface area contributed by atoms with E-state index in [2.05, 4.69) is 19.2 Å². The Balaban J connectivity index is 0.000000567. The molecule has 0 bridgehead atoms. The van der Waals surface area contributed by atoms with Gasteiger partial charge in [0.2, 0.25) is 0 Å². The number of unbranched alkanes of at least 4 members (excludes halogenated alkanes) is 5. The lowest BCUT2D eigenvalue weighted by Gasteiger charge is -2.12. The van der Waals surface area contributed by atoms with E-state index in [1.165, 1.54) is 44.9 Å². The Labute approximate surface area is 174 Å². The van der Waals surface area contributed by atoms with Crippen LogP contribution in [0.25, 0.3) is 0 Å². The van der Waals surface area contributed by atoms with Gasteiger partial charge in [0.15, 0.2) is 0 Å². The molecule has 0 amide bonds. The van der Waals surface area contributed by atoms with E-state index in [9.17, 15) is 30.3 Å². The Kier molecular flexibility index (Phi) is 13.6. The van der Waals surface area contributed by atoms with Gasteiger partial charge in [-0.05, 0) is 13.3 Å². The number of non-ortho nitro benzene ring substituents is 1. The second-order valence-electron chi connectivity index (χ2n) is 6.74. The number of hydrogen-bond acceptors (Lipinski definition) is 9. The molecule has 1 aromatic carbocycles. The van der Waals surface area contributed by atoms with Crippen LogP contribution in [0.5, 0.6) is 5.75 Å². The van der Waals surface area contributed by atoms with E-state index >= 15 is 0 Å². The number of rotatable bonds is 13. The van der Waals surface area contributed by atoms with Crippen LogP contribution in [0.4, 0.5) is 17.1 Å². The van der Waals surface area contributed by atoms with Crippen LogP contribution in [-0.4, -0.2) is 44.2 Å². The van der Waals surface area contributed by atoms with Gasteiger partial charge in [-0.2, -0.15) is 0 Å². The average Bonchev–Trinajstić information content (AvgIpc) is 2.69. The average molecular weight is 430 g/mol. The summed E-state index contributed by atoms with van der Waals surface area (Å²) in [6.07, 6.45) is 9.43. The number of aliphatic hydroxyl groups excluding tert-OH is 1. The molecule has 0 aliphatic heterocycles. The first-order valence-electron chi connectivity index (χ1n) is 9.80. The van der Waals surface area contributed by atoms with E-state index < -0.39 is 37.6 Å². The zero-order valence-electron chi connectivity index (χ0n) is 17.3. The SMILES string of the molecule is CCCCCCCCC(C)NCCO.O=[N+]([O-])c1cc([N+](=O)[O-])c(O)c([N+](=O)[O-])c1. The lowest BCUT2D eigenvalue weighted by Crippen LogP contribution is -2.28. The van der Waals surface area contributed by atoms with Crippen LogP contribution in [0.2, 0.25) is 0 Å². The number of aliphatic hydroxyl groups is 1. The molecule has 0 saturated carbocycles. The number of nitrogens with one attached hydrogen (secondary N) is 1. The molecule has 0 saturated heterocycles. The summed E-state index contributed by atoms with van der Waals surface area (Å²) in [6, 6.07) is 1.46. The van der Waals surface area contributed by atoms with Gasteiger partial charge in [0.1, 0.15) is 0 Å². The molecule has 0 spiro atoms. The second kappa shape index (κ2) is 15.0. The van der Waals surface area contributed by atoms with Crippen molar-refractivity contribution in [1.82, 2.24) is 5.32 Å². The molecule has 0 heterocycles. The summed E-state index contributed by atoms with van der Waals surface area (Å²) in [5.74, 6) is -1.21. The van der Waals surface area contributed by atoms with Crippen molar-refractivity contribution in [1.29, 1.82) is 0 Å². The third-order valence-corrected chi connectivity index (χ3v) is 4.25. The van der Waals surface area contributed by atoms with Gasteiger partial charge in [0.25, 0.3) is 11.4 Å². The quantitative estimate of drug-likeness (QED) is 0.238. The summed E-state index contributed by atoms with van der Waals surface area (Å²) in [5.41, 5.74) is -3.00. The molecule has 12 nitrogen and oxygen atoms in total. The lowest BCUT2D eigenvalue weighted by molar-refractivity contribution is -0.404. The summed E-state index contributed by atoms with van der Waals surface area (Å²) >= 11 is 0. The minimum atomic E-state index is -1.21. The molecular formula is C18H30N4O8. The van der Waals surface area contributed by atoms with Crippen molar-refractivity contribution in [3.8, 4) is 5.75 Å². The number of benzene rings is 1. The van der Waals surface area contributed by atoms with Crippen molar-refractivity contribution in [3.05, 3.63) is 42.5 Å². The van der Waals surface area contributed by atoms with E-state index in [0.717, 1.165) is 6.54 Å². The molecule has 0 aromatic heterocycles. The first kappa shape index (κ1) is 27.1. The molecule has 12 heteroatoms. The van der Waals surface area contributed by atoms with Gasteiger partial charge in [-0.15, -0.1) is 0 Å². The maximum absolute atomic E-state index is 10.4. The van der Waals surface area contributed by atoms with Crippen LogP contribution in [-0.2, 0) is 0 Å². The van der Waals surface area contributed by atoms with Crippen LogP contribution in [0, 0.1) is 30.3 Å². The van der Waals surface area contributed by atoms with Gasteiger partial charge in [-0.25, -0.2) is 0 Å². The number of aromatic hydroxyl groups is 1. The summed E-state index contributed by atoms with van der Waals surface area (Å²) in [4.78, 5) is 27.8. The summed E-state index contributed by atoms with van der Waals surface area (Å²) < 4.78 is 0. The zero-order chi connectivity index (χ0) is 23.1. The largest absolute Gasteiger partial charge is 0.497 e. The molecule has 0 fully saturated rings. The van der Waals surface area contributed by atoms with E-state index in [4.69, 9.17) is 10.2 Å². The molecule has 170 valence electrons. The fourth-order valence-corrected chi connectivity index (χ4v) is 2.62. The number of nitrogens with zero attached hydrogens (tertiary/aromatic N) is 3. The van der Waals surface area contributed by atoms with Crippen molar-refractivity contribution in [2.24, 2.45) is 0 Å². The monoisotopic (exact) mass is 430 g/mol. The van der Waals surface area contributed by atoms with E-state index in [0.29, 0.717) is 18.2 Å². The highest BCUT2D eigenvalue weighted by Crippen LogP contribution is 2.38. The smallest absolute Gasteiger partial charge is 0.324 e. The molecule has 1 aromatic rings. The predicted molar refractivity (Wildman–Crippen MR) is 111 cm³/mol. The number of nitro groups is 3. The van der Waals surface area contributed by atoms with Crippen molar-refractivity contribution < 1.29 is 25.0 Å². The third kappa shape index (κ3) is 10.6. The van der Waals surface area contributed by atoms with Gasteiger partial charge in [0.05, 0.1) is 33.5 Å². The summed E-state index contributed by atoms with van der Waals surface area (Å²) in [7, 11) is 0. The summed E-state index contributed by atoms with van der Waals surface area (Å²) in [6.45, 7) is 5.43. The topological polar surface area (TPSA) is 182 Å². The highest BCUT2D eigenvalue weighted by Gasteiger charge is 2.30. The van der Waals surface area contributed by atoms with E-state index in [1.807, 2.05) is 0 Å². The fraction of sp³-hybridized carbons (Fsp3) is 0.667. The molecule has 0 aliphatic carbocycles. The predicted octanol–water partition coefficient (Wildman–Crippen LogP) is 3.82. The minimum absolute atomic E-state index is 0.251. The summed E-state index contributed by atoms with van der Waals surface area (Å²) in [5, 5.41) is 52.1. The normalized spacial score (nSPS) is 11.3. The van der Waals surface area contributed by atoms with Crippen LogP contribution in [0.3, 0.4) is 0 Å². The van der Waals surface area contributed by atoms with Crippen LogP contribution in [0.1, 0.15) is 58.8 Å². The number of phenols is 1. The molecule has 1 atom stereocenters. The molecule has 0 radical (unpaired) electrons. The number of hydrogen-bond donors (Lipinski definition) is 3. The zero-order valence-corrected chi connectivity index (χ0v) is 17.3. The van der Waals surface area contributed by atoms with Crippen molar-refractivity contribution in [3.63, 3.8) is 0 Å². The van der Waals surface area contributed by atoms with Gasteiger partial charge < -0.3 is 15.5 Å². The Morgan fingerprint density at radius 3 is 1.87 bits per heavy atom. The second-order valence-corrected chi connectivity index (χ2v) is 6.74. The standard InChI is InChI=1S/C12H27NO.C6H3N3O7/c1-3-4-5-6-7-8-9-12(2)13-10-11-14;10-6-4(8(13)14)1-3(7(11)12)2-5(6)9(15)16/h12-14H,3-11H2,1-2H3;1-2,10H. The lowest BCUT2D eigenvalue weighted by atomic mass is 10.1. The van der Waals surface area contributed by atoms with Crippen LogP contribution in [0.15, 0.2) is 12.1 Å². The van der Waals surface area contributed by atoms with Gasteiger partial charge in [0, 0.05) is 12.6 Å². The molecule has 1 rings (SSSR count). The van der Waals surface area contributed by atoms with Crippen LogP contribution >= 0.6 is 0 Å². The molecule has 1 unspecified atom stereocenters. The maximum Gasteiger partial charge on any atom is 0.324 e. The van der Waals surface area contributed by atoms with Gasteiger partial charge in [-0.3, -0.25) is 30.3 Å². The minimum Gasteiger partial charge on any atom is -0.497 e. The van der Waals surface area contributed by atoms with Crippen molar-refractivity contribution in [2.45, 2.75) is 64.8 Å². The first-order valence-corrected chi connectivity index (χ1v) is 9.80. The first-order chi connectivity index (χ1) is 14.1. The van der Waals surface area contributed by atoms with Crippen molar-refractivity contribution >= 4 is 17.1 Å². The molecular weight excluding hydrogens is 400 g/mol. The van der Waals surface area contributed by atoms with E-state index in [1.54, 1.807) is 0 Å².